The van der Waals surface area contributed by atoms with Gasteiger partial charge in [-0.05, 0) is 42.0 Å². The highest BCUT2D eigenvalue weighted by Gasteiger charge is 2.35. The van der Waals surface area contributed by atoms with Gasteiger partial charge < -0.3 is 10.0 Å². The van der Waals surface area contributed by atoms with Gasteiger partial charge in [0, 0.05) is 49.5 Å². The van der Waals surface area contributed by atoms with Crippen LogP contribution in [0.5, 0.6) is 0 Å². The molecule has 1 unspecified atom stereocenters. The number of piperidine rings is 1. The SMILES string of the molecule is CC(CC(=O)N1CCC(O)(Cc2cnc3c(-c4ccccc4)cccn3c2=O)CC1)c1ccccc1. The molecule has 2 aromatic heterocycles. The van der Waals surface area contributed by atoms with Crippen molar-refractivity contribution in [2.45, 2.75) is 44.1 Å². The molecule has 36 heavy (non-hydrogen) atoms. The van der Waals surface area contributed by atoms with E-state index in [2.05, 4.69) is 11.9 Å². The van der Waals surface area contributed by atoms with E-state index in [0.29, 0.717) is 43.6 Å². The number of amides is 1. The Labute approximate surface area is 210 Å². The van der Waals surface area contributed by atoms with Gasteiger partial charge in [-0.15, -0.1) is 0 Å². The molecular weight excluding hydrogens is 450 g/mol. The smallest absolute Gasteiger partial charge is 0.261 e. The Morgan fingerprint density at radius 3 is 2.36 bits per heavy atom. The minimum atomic E-state index is -1.03. The summed E-state index contributed by atoms with van der Waals surface area (Å²) >= 11 is 0. The maximum Gasteiger partial charge on any atom is 0.261 e. The molecule has 2 aromatic carbocycles. The van der Waals surface area contributed by atoms with Crippen molar-refractivity contribution in [3.63, 3.8) is 0 Å². The molecule has 5 rings (SSSR count). The Hall–Kier alpha value is -3.77. The van der Waals surface area contributed by atoms with Crippen molar-refractivity contribution in [3.05, 3.63) is 107 Å². The zero-order valence-electron chi connectivity index (χ0n) is 20.5. The number of nitrogens with zero attached hydrogens (tertiary/aromatic N) is 3. The van der Waals surface area contributed by atoms with Crippen LogP contribution in [0.3, 0.4) is 0 Å². The lowest BCUT2D eigenvalue weighted by atomic mass is 9.85. The topological polar surface area (TPSA) is 74.9 Å². The zero-order chi connectivity index (χ0) is 25.1. The van der Waals surface area contributed by atoms with E-state index in [9.17, 15) is 14.7 Å². The number of aliphatic hydroxyl groups is 1. The van der Waals surface area contributed by atoms with Crippen LogP contribution in [0.15, 0.2) is 90.0 Å². The van der Waals surface area contributed by atoms with Crippen LogP contribution in [0.4, 0.5) is 0 Å². The molecule has 1 saturated heterocycles. The molecule has 1 aliphatic heterocycles. The second-order valence-electron chi connectivity index (χ2n) is 9.87. The van der Waals surface area contributed by atoms with Crippen molar-refractivity contribution in [2.75, 3.05) is 13.1 Å². The van der Waals surface area contributed by atoms with Crippen LogP contribution in [-0.4, -0.2) is 44.0 Å². The highest BCUT2D eigenvalue weighted by atomic mass is 16.3. The van der Waals surface area contributed by atoms with Crippen LogP contribution in [0, 0.1) is 0 Å². The van der Waals surface area contributed by atoms with Crippen LogP contribution in [-0.2, 0) is 11.2 Å². The van der Waals surface area contributed by atoms with E-state index in [1.54, 1.807) is 16.8 Å². The predicted molar refractivity (Wildman–Crippen MR) is 141 cm³/mol. The van der Waals surface area contributed by atoms with Crippen molar-refractivity contribution < 1.29 is 9.90 Å². The van der Waals surface area contributed by atoms with Crippen molar-refractivity contribution in [3.8, 4) is 11.1 Å². The average Bonchev–Trinajstić information content (AvgIpc) is 2.91. The van der Waals surface area contributed by atoms with Gasteiger partial charge in [0.05, 0.1) is 5.60 Å². The summed E-state index contributed by atoms with van der Waals surface area (Å²) in [6, 6.07) is 23.7. The Balaban J connectivity index is 1.27. The van der Waals surface area contributed by atoms with Gasteiger partial charge in [-0.2, -0.15) is 0 Å². The van der Waals surface area contributed by atoms with Crippen molar-refractivity contribution in [1.82, 2.24) is 14.3 Å². The summed E-state index contributed by atoms with van der Waals surface area (Å²) in [6.07, 6.45) is 4.86. The van der Waals surface area contributed by atoms with Gasteiger partial charge in [-0.3, -0.25) is 14.0 Å². The molecule has 6 nitrogen and oxygen atoms in total. The number of pyridine rings is 1. The van der Waals surface area contributed by atoms with Crippen molar-refractivity contribution >= 4 is 11.6 Å². The van der Waals surface area contributed by atoms with Gasteiger partial charge in [0.25, 0.3) is 5.56 Å². The molecule has 6 heteroatoms. The fourth-order valence-corrected chi connectivity index (χ4v) is 5.10. The molecule has 0 aliphatic carbocycles. The molecular formula is C30H31N3O3. The predicted octanol–water partition coefficient (Wildman–Crippen LogP) is 4.45. The molecule has 0 bridgehead atoms. The Morgan fingerprint density at radius 1 is 1.00 bits per heavy atom. The van der Waals surface area contributed by atoms with Crippen LogP contribution in [0.2, 0.25) is 0 Å². The third kappa shape index (κ3) is 4.95. The Morgan fingerprint density at radius 2 is 1.67 bits per heavy atom. The monoisotopic (exact) mass is 481 g/mol. The van der Waals surface area contributed by atoms with Crippen LogP contribution in [0.1, 0.15) is 43.2 Å². The fraction of sp³-hybridized carbons (Fsp3) is 0.300. The number of rotatable bonds is 6. The van der Waals surface area contributed by atoms with Gasteiger partial charge in [-0.25, -0.2) is 4.98 Å². The van der Waals surface area contributed by atoms with E-state index < -0.39 is 5.60 Å². The second kappa shape index (κ2) is 10.1. The molecule has 4 aromatic rings. The summed E-state index contributed by atoms with van der Waals surface area (Å²) < 4.78 is 1.56. The van der Waals surface area contributed by atoms with Crippen molar-refractivity contribution in [1.29, 1.82) is 0 Å². The summed E-state index contributed by atoms with van der Waals surface area (Å²) in [5.41, 5.74) is 2.91. The molecule has 1 fully saturated rings. The lowest BCUT2D eigenvalue weighted by Crippen LogP contribution is -2.48. The van der Waals surface area contributed by atoms with Gasteiger partial charge in [0.2, 0.25) is 5.91 Å². The van der Waals surface area contributed by atoms with Crippen molar-refractivity contribution in [2.24, 2.45) is 0 Å². The summed E-state index contributed by atoms with van der Waals surface area (Å²) in [5, 5.41) is 11.3. The number of hydrogen-bond acceptors (Lipinski definition) is 4. The summed E-state index contributed by atoms with van der Waals surface area (Å²) in [6.45, 7) is 3.03. The van der Waals surface area contributed by atoms with Gasteiger partial charge in [0.1, 0.15) is 5.65 Å². The van der Waals surface area contributed by atoms with Gasteiger partial charge in [-0.1, -0.05) is 67.6 Å². The zero-order valence-corrected chi connectivity index (χ0v) is 20.5. The van der Waals surface area contributed by atoms with E-state index in [4.69, 9.17) is 0 Å². The molecule has 0 radical (unpaired) electrons. The van der Waals surface area contributed by atoms with Crippen LogP contribution < -0.4 is 5.56 Å². The van der Waals surface area contributed by atoms with E-state index in [1.807, 2.05) is 77.7 Å². The average molecular weight is 482 g/mol. The number of benzene rings is 2. The number of aromatic nitrogens is 2. The van der Waals surface area contributed by atoms with E-state index in [1.165, 1.54) is 0 Å². The molecule has 1 aliphatic rings. The van der Waals surface area contributed by atoms with Gasteiger partial charge in [0.15, 0.2) is 0 Å². The first-order chi connectivity index (χ1) is 17.4. The number of fused-ring (bicyclic) bond motifs is 1. The van der Waals surface area contributed by atoms with Crippen LogP contribution >= 0.6 is 0 Å². The third-order valence-corrected chi connectivity index (χ3v) is 7.30. The highest BCUT2D eigenvalue weighted by molar-refractivity contribution is 5.77. The number of carbonyl (C=O) groups excluding carboxylic acids is 1. The Bertz CT molecular complexity index is 1410. The maximum absolute atomic E-state index is 13.3. The van der Waals surface area contributed by atoms with E-state index >= 15 is 0 Å². The first-order valence-corrected chi connectivity index (χ1v) is 12.5. The molecule has 3 heterocycles. The summed E-state index contributed by atoms with van der Waals surface area (Å²) in [4.78, 5) is 32.6. The lowest BCUT2D eigenvalue weighted by Gasteiger charge is -2.38. The minimum Gasteiger partial charge on any atom is -0.389 e. The summed E-state index contributed by atoms with van der Waals surface area (Å²) in [5.74, 6) is 0.248. The standard InChI is InChI=1S/C30H31N3O3/c1-22(23-9-4-2-5-10-23)19-27(34)32-17-14-30(36,15-18-32)20-25-21-31-28-26(24-11-6-3-7-12-24)13-8-16-33(28)29(25)35/h2-13,16,21-22,36H,14-15,17-20H2,1H3. The third-order valence-electron chi connectivity index (χ3n) is 7.30. The number of carbonyl (C=O) groups is 1. The molecule has 1 atom stereocenters. The first-order valence-electron chi connectivity index (χ1n) is 12.5. The highest BCUT2D eigenvalue weighted by Crippen LogP contribution is 2.28. The number of hydrogen-bond donors (Lipinski definition) is 1. The molecule has 1 N–H and O–H groups in total. The normalized spacial score (nSPS) is 16.1. The maximum atomic E-state index is 13.3. The quantitative estimate of drug-likeness (QED) is 0.442. The molecule has 1 amide bonds. The minimum absolute atomic E-state index is 0.106. The summed E-state index contributed by atoms with van der Waals surface area (Å²) in [7, 11) is 0. The molecule has 0 spiro atoms. The largest absolute Gasteiger partial charge is 0.389 e. The van der Waals surface area contributed by atoms with Gasteiger partial charge >= 0.3 is 0 Å². The fourth-order valence-electron chi connectivity index (χ4n) is 5.10. The number of likely N-dealkylation sites (tertiary alicyclic amines) is 1. The lowest BCUT2D eigenvalue weighted by molar-refractivity contribution is -0.135. The molecule has 0 saturated carbocycles. The first kappa shape index (κ1) is 23.9. The van der Waals surface area contributed by atoms with Crippen LogP contribution in [0.25, 0.3) is 16.8 Å². The Kier molecular flexibility index (Phi) is 6.70. The molecule has 184 valence electrons. The second-order valence-corrected chi connectivity index (χ2v) is 9.87. The van der Waals surface area contributed by atoms with E-state index in [-0.39, 0.29) is 23.8 Å². The van der Waals surface area contributed by atoms with E-state index in [0.717, 1.165) is 16.7 Å².